The third kappa shape index (κ3) is 4.18. The van der Waals surface area contributed by atoms with Crippen LogP contribution in [-0.4, -0.2) is 49.6 Å². The summed E-state index contributed by atoms with van der Waals surface area (Å²) in [6.07, 6.45) is 0. The van der Waals surface area contributed by atoms with Crippen molar-refractivity contribution in [2.75, 3.05) is 39.8 Å². The summed E-state index contributed by atoms with van der Waals surface area (Å²) < 4.78 is 5.45. The second kappa shape index (κ2) is 8.21. The third-order valence-electron chi connectivity index (χ3n) is 3.89. The fourth-order valence-electron chi connectivity index (χ4n) is 2.59. The van der Waals surface area contributed by atoms with Gasteiger partial charge < -0.3 is 21.5 Å². The van der Waals surface area contributed by atoms with Crippen molar-refractivity contribution in [1.29, 1.82) is 0 Å². The van der Waals surface area contributed by atoms with Gasteiger partial charge in [-0.25, -0.2) is 0 Å². The first-order valence-electron chi connectivity index (χ1n) is 7.07. The number of nitrogens with two attached hydrogens (primary N) is 1. The van der Waals surface area contributed by atoms with Gasteiger partial charge in [0.15, 0.2) is 0 Å². The fourth-order valence-corrected chi connectivity index (χ4v) is 2.59. The molecule has 2 rings (SSSR count). The van der Waals surface area contributed by atoms with Crippen LogP contribution in [0.25, 0.3) is 0 Å². The molecular formula is C15H28N4O. The number of hydrogen-bond acceptors (Lipinski definition) is 5. The molecule has 1 aliphatic rings. The number of methoxy groups -OCH3 is 1. The average Bonchev–Trinajstić information content (AvgIpc) is 2.48. The Kier molecular flexibility index (Phi) is 6.95. The van der Waals surface area contributed by atoms with Crippen molar-refractivity contribution in [3.8, 4) is 5.75 Å². The maximum absolute atomic E-state index is 5.72. The molecule has 0 aromatic heterocycles. The van der Waals surface area contributed by atoms with Gasteiger partial charge in [-0.05, 0) is 24.2 Å². The van der Waals surface area contributed by atoms with Crippen LogP contribution in [0.2, 0.25) is 0 Å². The number of ether oxygens (including phenoxy) is 1. The predicted molar refractivity (Wildman–Crippen MR) is 83.3 cm³/mol. The van der Waals surface area contributed by atoms with E-state index >= 15 is 0 Å². The Balaban J connectivity index is 0.00000200. The van der Waals surface area contributed by atoms with Gasteiger partial charge in [-0.2, -0.15) is 0 Å². The molecule has 0 spiro atoms. The second-order valence-electron chi connectivity index (χ2n) is 5.06. The Morgan fingerprint density at radius 1 is 1.15 bits per heavy atom. The van der Waals surface area contributed by atoms with E-state index in [2.05, 4.69) is 22.8 Å². The first-order chi connectivity index (χ1) is 9.26. The predicted octanol–water partition coefficient (Wildman–Crippen LogP) is 1.45. The molecule has 20 heavy (non-hydrogen) atoms. The summed E-state index contributed by atoms with van der Waals surface area (Å²) in [5.41, 5.74) is 8.13. The van der Waals surface area contributed by atoms with Crippen LogP contribution in [0.15, 0.2) is 18.2 Å². The molecular weight excluding hydrogens is 252 g/mol. The minimum Gasteiger partial charge on any atom is -0.496 e. The van der Waals surface area contributed by atoms with Gasteiger partial charge in [0.05, 0.1) is 7.11 Å². The number of benzene rings is 1. The summed E-state index contributed by atoms with van der Waals surface area (Å²) in [6.45, 7) is 9.50. The standard InChI is InChI=1S/C15H25N3O.H3N/c1-3-17-6-8-18(9-7-17)12-14-10-13(11-16)4-5-15(14)19-2;/h4-5,10H,3,6-9,11-12,16H2,1-2H3;1H3. The summed E-state index contributed by atoms with van der Waals surface area (Å²) >= 11 is 0. The summed E-state index contributed by atoms with van der Waals surface area (Å²) in [7, 11) is 1.73. The van der Waals surface area contributed by atoms with Gasteiger partial charge in [-0.15, -0.1) is 0 Å². The highest BCUT2D eigenvalue weighted by Gasteiger charge is 2.17. The Hall–Kier alpha value is -1.14. The normalized spacial score (nSPS) is 16.8. The molecule has 5 heteroatoms. The molecule has 1 aromatic carbocycles. The van der Waals surface area contributed by atoms with E-state index in [4.69, 9.17) is 10.5 Å². The van der Waals surface area contributed by atoms with Gasteiger partial charge in [0.2, 0.25) is 0 Å². The third-order valence-corrected chi connectivity index (χ3v) is 3.89. The molecule has 0 amide bonds. The Morgan fingerprint density at radius 3 is 2.35 bits per heavy atom. The van der Waals surface area contributed by atoms with E-state index in [0.717, 1.165) is 45.0 Å². The lowest BCUT2D eigenvalue weighted by Crippen LogP contribution is -2.45. The Labute approximate surface area is 122 Å². The van der Waals surface area contributed by atoms with Crippen LogP contribution in [0.5, 0.6) is 5.75 Å². The number of likely N-dealkylation sites (N-methyl/N-ethyl adjacent to an activating group) is 1. The molecule has 1 heterocycles. The van der Waals surface area contributed by atoms with E-state index in [1.54, 1.807) is 7.11 Å². The quantitative estimate of drug-likeness (QED) is 0.854. The van der Waals surface area contributed by atoms with Gasteiger partial charge in [-0.1, -0.05) is 13.0 Å². The SMILES string of the molecule is CCN1CCN(Cc2cc(CN)ccc2OC)CC1.N. The Morgan fingerprint density at radius 2 is 1.80 bits per heavy atom. The zero-order valence-corrected chi connectivity index (χ0v) is 12.8. The topological polar surface area (TPSA) is 76.7 Å². The number of rotatable bonds is 5. The monoisotopic (exact) mass is 280 g/mol. The maximum Gasteiger partial charge on any atom is 0.123 e. The van der Waals surface area contributed by atoms with Crippen LogP contribution in [0.1, 0.15) is 18.1 Å². The van der Waals surface area contributed by atoms with Crippen molar-refractivity contribution in [2.45, 2.75) is 20.0 Å². The molecule has 5 N–H and O–H groups in total. The van der Waals surface area contributed by atoms with Crippen molar-refractivity contribution in [3.63, 3.8) is 0 Å². The van der Waals surface area contributed by atoms with Crippen LogP contribution in [0, 0.1) is 0 Å². The molecule has 0 unspecified atom stereocenters. The lowest BCUT2D eigenvalue weighted by atomic mass is 10.1. The summed E-state index contributed by atoms with van der Waals surface area (Å²) in [5, 5.41) is 0. The number of hydrogen-bond donors (Lipinski definition) is 2. The van der Waals surface area contributed by atoms with Gasteiger partial charge in [0.1, 0.15) is 5.75 Å². The van der Waals surface area contributed by atoms with Crippen LogP contribution in [0.3, 0.4) is 0 Å². The van der Waals surface area contributed by atoms with E-state index in [-0.39, 0.29) is 6.15 Å². The van der Waals surface area contributed by atoms with E-state index < -0.39 is 0 Å². The van der Waals surface area contributed by atoms with Crippen LogP contribution >= 0.6 is 0 Å². The molecule has 0 radical (unpaired) electrons. The molecule has 1 fully saturated rings. The average molecular weight is 280 g/mol. The Bertz CT molecular complexity index is 403. The van der Waals surface area contributed by atoms with Crippen molar-refractivity contribution in [3.05, 3.63) is 29.3 Å². The van der Waals surface area contributed by atoms with E-state index in [0.29, 0.717) is 6.54 Å². The van der Waals surface area contributed by atoms with Gasteiger partial charge >= 0.3 is 0 Å². The maximum atomic E-state index is 5.72. The second-order valence-corrected chi connectivity index (χ2v) is 5.06. The van der Waals surface area contributed by atoms with E-state index in [1.165, 1.54) is 11.1 Å². The van der Waals surface area contributed by atoms with Crippen LogP contribution in [0.4, 0.5) is 0 Å². The molecule has 0 saturated carbocycles. The molecule has 1 saturated heterocycles. The first kappa shape index (κ1) is 16.9. The zero-order chi connectivity index (χ0) is 13.7. The van der Waals surface area contributed by atoms with Crippen molar-refractivity contribution >= 4 is 0 Å². The van der Waals surface area contributed by atoms with Crippen molar-refractivity contribution in [1.82, 2.24) is 16.0 Å². The molecule has 5 nitrogen and oxygen atoms in total. The number of nitrogens with zero attached hydrogens (tertiary/aromatic N) is 2. The summed E-state index contributed by atoms with van der Waals surface area (Å²) in [4.78, 5) is 4.98. The minimum absolute atomic E-state index is 0. The lowest BCUT2D eigenvalue weighted by Gasteiger charge is -2.34. The summed E-state index contributed by atoms with van der Waals surface area (Å²) in [6, 6.07) is 6.24. The van der Waals surface area contributed by atoms with Gasteiger partial charge in [0, 0.05) is 44.8 Å². The van der Waals surface area contributed by atoms with Crippen LogP contribution in [-0.2, 0) is 13.1 Å². The highest BCUT2D eigenvalue weighted by atomic mass is 16.5. The fraction of sp³-hybridized carbons (Fsp3) is 0.600. The first-order valence-corrected chi connectivity index (χ1v) is 7.07. The zero-order valence-electron chi connectivity index (χ0n) is 12.8. The minimum atomic E-state index is 0. The van der Waals surface area contributed by atoms with Crippen molar-refractivity contribution in [2.24, 2.45) is 5.73 Å². The highest BCUT2D eigenvalue weighted by Crippen LogP contribution is 2.22. The lowest BCUT2D eigenvalue weighted by molar-refractivity contribution is 0.131. The molecule has 0 bridgehead atoms. The molecule has 1 aromatic rings. The molecule has 0 aliphatic carbocycles. The van der Waals surface area contributed by atoms with Crippen molar-refractivity contribution < 1.29 is 4.74 Å². The van der Waals surface area contributed by atoms with Gasteiger partial charge in [0.25, 0.3) is 0 Å². The largest absolute Gasteiger partial charge is 0.496 e. The number of piperazine rings is 1. The highest BCUT2D eigenvalue weighted by molar-refractivity contribution is 5.37. The van der Waals surface area contributed by atoms with E-state index in [1.807, 2.05) is 12.1 Å². The van der Waals surface area contributed by atoms with E-state index in [9.17, 15) is 0 Å². The van der Waals surface area contributed by atoms with Gasteiger partial charge in [-0.3, -0.25) is 4.90 Å². The molecule has 1 aliphatic heterocycles. The molecule has 0 atom stereocenters. The smallest absolute Gasteiger partial charge is 0.123 e. The van der Waals surface area contributed by atoms with Crippen LogP contribution < -0.4 is 16.6 Å². The molecule has 114 valence electrons. The summed E-state index contributed by atoms with van der Waals surface area (Å²) in [5.74, 6) is 0.968.